The van der Waals surface area contributed by atoms with Crippen molar-refractivity contribution in [3.8, 4) is 0 Å². The van der Waals surface area contributed by atoms with Crippen molar-refractivity contribution in [1.82, 2.24) is 25.8 Å². The number of benzene rings is 1. The van der Waals surface area contributed by atoms with Crippen molar-refractivity contribution in [2.24, 2.45) is 40.2 Å². The van der Waals surface area contributed by atoms with Gasteiger partial charge in [0.1, 0.15) is 18.7 Å². The molecular formula is C36H52N6O7. The Kier molecular flexibility index (Phi) is 10.0. The number of nitrogens with two attached hydrogens (primary N) is 1. The van der Waals surface area contributed by atoms with Gasteiger partial charge in [-0.05, 0) is 64.9 Å². The van der Waals surface area contributed by atoms with Gasteiger partial charge < -0.3 is 36.2 Å². The fourth-order valence-electron chi connectivity index (χ4n) is 7.68. The van der Waals surface area contributed by atoms with Gasteiger partial charge >= 0.3 is 12.1 Å². The van der Waals surface area contributed by atoms with Crippen LogP contribution >= 0.6 is 0 Å². The first-order valence-corrected chi connectivity index (χ1v) is 17.3. The molecule has 5 N–H and O–H groups in total. The van der Waals surface area contributed by atoms with Crippen LogP contribution in [0.15, 0.2) is 24.3 Å². The molecule has 13 heteroatoms. The van der Waals surface area contributed by atoms with E-state index in [1.807, 2.05) is 45.0 Å². The lowest BCUT2D eigenvalue weighted by Gasteiger charge is -2.36. The van der Waals surface area contributed by atoms with E-state index in [0.717, 1.165) is 24.0 Å². The second-order valence-electron chi connectivity index (χ2n) is 16.3. The Morgan fingerprint density at radius 3 is 2.14 bits per heavy atom. The van der Waals surface area contributed by atoms with Gasteiger partial charge in [-0.3, -0.25) is 19.2 Å². The maximum atomic E-state index is 14.7. The number of ketones is 1. The molecule has 0 radical (unpaired) electrons. The summed E-state index contributed by atoms with van der Waals surface area (Å²) in [6.07, 6.45) is 2.75. The first-order valence-electron chi connectivity index (χ1n) is 17.3. The molecule has 2 saturated carbocycles. The van der Waals surface area contributed by atoms with Crippen molar-refractivity contribution in [2.75, 3.05) is 27.2 Å². The van der Waals surface area contributed by atoms with E-state index >= 15 is 0 Å². The summed E-state index contributed by atoms with van der Waals surface area (Å²) in [4.78, 5) is 82.1. The predicted molar refractivity (Wildman–Crippen MR) is 181 cm³/mol. The Hall–Kier alpha value is -4.16. The highest BCUT2D eigenvalue weighted by Gasteiger charge is 2.70. The van der Waals surface area contributed by atoms with Gasteiger partial charge in [0.05, 0.1) is 12.1 Å². The number of Topliss-reactive ketones (excluding diaryl/α,β-unsaturated/α-hetero) is 1. The Morgan fingerprint density at radius 2 is 1.61 bits per heavy atom. The van der Waals surface area contributed by atoms with E-state index in [2.05, 4.69) is 29.8 Å². The van der Waals surface area contributed by atoms with Crippen molar-refractivity contribution in [1.29, 1.82) is 0 Å². The molecule has 0 spiro atoms. The third kappa shape index (κ3) is 7.86. The molecule has 1 aromatic rings. The second kappa shape index (κ2) is 13.6. The fraction of sp³-hybridized carbons (Fsp3) is 0.667. The van der Waals surface area contributed by atoms with Crippen molar-refractivity contribution < 1.29 is 33.5 Å². The summed E-state index contributed by atoms with van der Waals surface area (Å²) in [5.74, 6) is -2.92. The molecule has 1 aliphatic heterocycles. The molecular weight excluding hydrogens is 628 g/mol. The minimum atomic E-state index is -1.10. The molecule has 3 aliphatic carbocycles. The zero-order chi connectivity index (χ0) is 36.0. The maximum absolute atomic E-state index is 14.7. The quantitative estimate of drug-likeness (QED) is 0.244. The van der Waals surface area contributed by atoms with E-state index in [9.17, 15) is 28.8 Å². The maximum Gasteiger partial charge on any atom is 0.409 e. The normalized spacial score (nSPS) is 24.1. The molecule has 0 bridgehead atoms. The molecule has 1 unspecified atom stereocenters. The molecule has 268 valence electrons. The Labute approximate surface area is 288 Å². The van der Waals surface area contributed by atoms with Crippen LogP contribution in [0.5, 0.6) is 0 Å². The lowest BCUT2D eigenvalue weighted by atomic mass is 9.87. The molecule has 1 saturated heterocycles. The number of hydrogen-bond donors (Lipinski definition) is 4. The predicted octanol–water partition coefficient (Wildman–Crippen LogP) is 2.00. The van der Waals surface area contributed by atoms with Crippen molar-refractivity contribution in [3.05, 3.63) is 35.4 Å². The van der Waals surface area contributed by atoms with Crippen molar-refractivity contribution >= 4 is 35.6 Å². The number of nitrogens with zero attached hydrogens (tertiary/aromatic N) is 2. The highest BCUT2D eigenvalue weighted by molar-refractivity contribution is 6.37. The zero-order valence-electron chi connectivity index (χ0n) is 29.7. The van der Waals surface area contributed by atoms with Crippen LogP contribution in [0.25, 0.3) is 0 Å². The number of carbonyl (C=O) groups is 6. The zero-order valence-corrected chi connectivity index (χ0v) is 29.7. The van der Waals surface area contributed by atoms with Crippen LogP contribution in [0.3, 0.4) is 0 Å². The Balaban J connectivity index is 1.38. The van der Waals surface area contributed by atoms with Gasteiger partial charge in [-0.2, -0.15) is 0 Å². The molecule has 6 amide bonds. The fourth-order valence-corrected chi connectivity index (χ4v) is 7.68. The second-order valence-corrected chi connectivity index (χ2v) is 16.3. The van der Waals surface area contributed by atoms with Crippen LogP contribution in [-0.2, 0) is 36.8 Å². The summed E-state index contributed by atoms with van der Waals surface area (Å²) in [5.41, 5.74) is 6.85. The third-order valence-corrected chi connectivity index (χ3v) is 11.1. The number of rotatable bonds is 12. The number of carbonyl (C=O) groups excluding carboxylic acids is 6. The van der Waals surface area contributed by atoms with Crippen molar-refractivity contribution in [2.45, 2.75) is 90.9 Å². The van der Waals surface area contributed by atoms with Gasteiger partial charge in [-0.15, -0.1) is 0 Å². The lowest BCUT2D eigenvalue weighted by molar-refractivity contribution is -0.144. The van der Waals surface area contributed by atoms with E-state index in [1.165, 1.54) is 4.90 Å². The van der Waals surface area contributed by atoms with Crippen LogP contribution in [0, 0.1) is 34.5 Å². The van der Waals surface area contributed by atoms with Gasteiger partial charge in [0.25, 0.3) is 5.91 Å². The Morgan fingerprint density at radius 1 is 1.00 bits per heavy atom. The lowest BCUT2D eigenvalue weighted by Crippen LogP contribution is -2.61. The number of hydrogen-bond acceptors (Lipinski definition) is 7. The van der Waals surface area contributed by atoms with Gasteiger partial charge in [0.2, 0.25) is 17.6 Å². The number of likely N-dealkylation sites (tertiary alicyclic amines) is 1. The van der Waals surface area contributed by atoms with Gasteiger partial charge in [0, 0.05) is 20.6 Å². The van der Waals surface area contributed by atoms with Crippen LogP contribution in [0.2, 0.25) is 0 Å². The number of fused-ring (bicyclic) bond motifs is 2. The summed E-state index contributed by atoms with van der Waals surface area (Å²) in [6.45, 7) is 10.1. The van der Waals surface area contributed by atoms with E-state index in [4.69, 9.17) is 10.5 Å². The summed E-state index contributed by atoms with van der Waals surface area (Å²) >= 11 is 0. The Bertz CT molecular complexity index is 1470. The van der Waals surface area contributed by atoms with E-state index in [0.29, 0.717) is 25.8 Å². The number of primary amides is 1. The smallest absolute Gasteiger partial charge is 0.409 e. The molecule has 1 aromatic carbocycles. The average molecular weight is 681 g/mol. The van der Waals surface area contributed by atoms with Crippen LogP contribution in [0.1, 0.15) is 65.0 Å². The molecule has 4 aliphatic rings. The molecule has 1 heterocycles. The molecule has 5 rings (SSSR count). The number of amides is 6. The first-order chi connectivity index (χ1) is 22.9. The SMILES string of the molecule is CN(C)C(=O)OC[C@@H](NC(=O)N[C@H](C(=O)N1C[C@H]2[C@@H]([C@H]1C(=O)NC(CC1CC1)C(=O)C(N)=O)C2(C)C)C1Cc2ccccc2C1)C(C)(C)C. The van der Waals surface area contributed by atoms with Gasteiger partial charge in [-0.1, -0.05) is 71.7 Å². The minimum Gasteiger partial charge on any atom is -0.447 e. The first kappa shape index (κ1) is 36.1. The number of nitrogens with one attached hydrogen (secondary N) is 3. The molecule has 6 atom stereocenters. The van der Waals surface area contributed by atoms with E-state index in [-0.39, 0.29) is 41.6 Å². The van der Waals surface area contributed by atoms with E-state index < -0.39 is 59.3 Å². The molecule has 13 nitrogen and oxygen atoms in total. The summed E-state index contributed by atoms with van der Waals surface area (Å²) < 4.78 is 5.41. The highest BCUT2D eigenvalue weighted by Crippen LogP contribution is 2.65. The number of urea groups is 1. The molecule has 3 fully saturated rings. The summed E-state index contributed by atoms with van der Waals surface area (Å²) in [6, 6.07) is 3.88. The van der Waals surface area contributed by atoms with Crippen LogP contribution < -0.4 is 21.7 Å². The topological polar surface area (TPSA) is 180 Å². The summed E-state index contributed by atoms with van der Waals surface area (Å²) in [7, 11) is 3.15. The largest absolute Gasteiger partial charge is 0.447 e. The van der Waals surface area contributed by atoms with Gasteiger partial charge in [0.15, 0.2) is 0 Å². The van der Waals surface area contributed by atoms with Crippen molar-refractivity contribution in [3.63, 3.8) is 0 Å². The summed E-state index contributed by atoms with van der Waals surface area (Å²) in [5, 5.41) is 8.70. The molecule has 0 aromatic heterocycles. The van der Waals surface area contributed by atoms with E-state index in [1.54, 1.807) is 19.0 Å². The van der Waals surface area contributed by atoms with Crippen LogP contribution in [0.4, 0.5) is 9.59 Å². The standard InChI is InChI=1S/C36H52N6O7/c1-35(2,3)25(18-49-34(48)41(6)7)39-33(47)40-27(22-15-20-10-8-9-11-21(20)16-22)32(46)42-17-23-26(36(23,4)5)28(42)31(45)38-24(14-19-12-13-19)29(43)30(37)44/h8-11,19,22-28H,12-18H2,1-7H3,(H2,37,44)(H,38,45)(H2,39,40,47)/t23-,24?,25+,26-,27-,28-/m0/s1. The van der Waals surface area contributed by atoms with Gasteiger partial charge in [-0.25, -0.2) is 9.59 Å². The number of ether oxygens (including phenoxy) is 1. The van der Waals surface area contributed by atoms with Crippen LogP contribution in [-0.4, -0.2) is 96.8 Å². The molecule has 49 heavy (non-hydrogen) atoms. The number of piperidine rings is 1. The average Bonchev–Trinajstić information content (AvgIpc) is 3.78. The minimum absolute atomic E-state index is 0.0628. The third-order valence-electron chi connectivity index (χ3n) is 11.1. The highest BCUT2D eigenvalue weighted by atomic mass is 16.6. The monoisotopic (exact) mass is 680 g/mol.